The molecule has 6 heteroatoms. The molecule has 0 aromatic heterocycles. The number of unbranched alkanes of at least 4 members (excludes halogenated alkanes) is 1. The predicted octanol–water partition coefficient (Wildman–Crippen LogP) is 5.16. The first-order chi connectivity index (χ1) is 15.9. The Balaban J connectivity index is 1.83. The molecule has 0 fully saturated rings. The van der Waals surface area contributed by atoms with Crippen molar-refractivity contribution >= 4 is 28.3 Å². The molecule has 2 amide bonds. The molecule has 0 spiro atoms. The molecule has 0 saturated carbocycles. The van der Waals surface area contributed by atoms with E-state index in [9.17, 15) is 13.8 Å². The SMILES string of the molecule is CCCCNC(=O)c1ccc2c(c1)N(Cc1cc(C)ccc1C)C(=O)c1ccccc1[S@@]2=O. The summed E-state index contributed by atoms with van der Waals surface area (Å²) >= 11 is 0. The van der Waals surface area contributed by atoms with E-state index in [-0.39, 0.29) is 11.8 Å². The third kappa shape index (κ3) is 4.62. The first-order valence-electron chi connectivity index (χ1n) is 11.2. The monoisotopic (exact) mass is 460 g/mol. The minimum absolute atomic E-state index is 0.196. The number of benzene rings is 3. The van der Waals surface area contributed by atoms with Crippen LogP contribution >= 0.6 is 0 Å². The lowest BCUT2D eigenvalue weighted by atomic mass is 10.0. The number of fused-ring (bicyclic) bond motifs is 2. The van der Waals surface area contributed by atoms with Gasteiger partial charge in [0.2, 0.25) is 0 Å². The molecule has 1 atom stereocenters. The zero-order valence-corrected chi connectivity index (χ0v) is 20.0. The molecular formula is C27H28N2O3S. The van der Waals surface area contributed by atoms with E-state index in [1.807, 2.05) is 26.0 Å². The average molecular weight is 461 g/mol. The van der Waals surface area contributed by atoms with Crippen molar-refractivity contribution in [3.8, 4) is 0 Å². The van der Waals surface area contributed by atoms with Crippen molar-refractivity contribution in [2.24, 2.45) is 0 Å². The molecule has 3 aromatic rings. The predicted molar refractivity (Wildman–Crippen MR) is 131 cm³/mol. The van der Waals surface area contributed by atoms with E-state index in [0.717, 1.165) is 29.5 Å². The summed E-state index contributed by atoms with van der Waals surface area (Å²) in [5.41, 5.74) is 4.57. The number of nitrogens with zero attached hydrogens (tertiary/aromatic N) is 1. The Labute approximate surface area is 197 Å². The number of nitrogens with one attached hydrogen (secondary N) is 1. The van der Waals surface area contributed by atoms with Crippen LogP contribution in [-0.4, -0.2) is 22.6 Å². The van der Waals surface area contributed by atoms with Crippen molar-refractivity contribution in [2.45, 2.75) is 49.9 Å². The first kappa shape index (κ1) is 22.9. The Bertz CT molecular complexity index is 1250. The van der Waals surface area contributed by atoms with Crippen LogP contribution in [0.15, 0.2) is 70.5 Å². The van der Waals surface area contributed by atoms with Gasteiger partial charge >= 0.3 is 0 Å². The van der Waals surface area contributed by atoms with Gasteiger partial charge in [-0.2, -0.15) is 0 Å². The van der Waals surface area contributed by atoms with Crippen molar-refractivity contribution in [2.75, 3.05) is 11.4 Å². The molecule has 0 aliphatic carbocycles. The van der Waals surface area contributed by atoms with E-state index in [4.69, 9.17) is 0 Å². The number of amides is 2. The maximum Gasteiger partial charge on any atom is 0.259 e. The minimum Gasteiger partial charge on any atom is -0.352 e. The molecule has 1 aliphatic rings. The lowest BCUT2D eigenvalue weighted by Gasteiger charge is -2.24. The average Bonchev–Trinajstić information content (AvgIpc) is 2.91. The van der Waals surface area contributed by atoms with E-state index in [2.05, 4.69) is 18.3 Å². The zero-order chi connectivity index (χ0) is 23.5. The van der Waals surface area contributed by atoms with E-state index >= 15 is 0 Å². The Morgan fingerprint density at radius 2 is 1.79 bits per heavy atom. The number of aryl methyl sites for hydroxylation is 2. The van der Waals surface area contributed by atoms with Crippen LogP contribution in [-0.2, 0) is 17.3 Å². The highest BCUT2D eigenvalue weighted by atomic mass is 32.2. The molecule has 1 aliphatic heterocycles. The summed E-state index contributed by atoms with van der Waals surface area (Å²) < 4.78 is 13.5. The van der Waals surface area contributed by atoms with Gasteiger partial charge in [-0.15, -0.1) is 0 Å². The van der Waals surface area contributed by atoms with Crippen molar-refractivity contribution in [3.05, 3.63) is 88.5 Å². The molecule has 170 valence electrons. The summed E-state index contributed by atoms with van der Waals surface area (Å²) in [5, 5.41) is 2.92. The largest absolute Gasteiger partial charge is 0.352 e. The Hall–Kier alpha value is -3.25. The molecule has 1 heterocycles. The lowest BCUT2D eigenvalue weighted by molar-refractivity contribution is 0.0949. The van der Waals surface area contributed by atoms with Crippen LogP contribution in [0.5, 0.6) is 0 Å². The van der Waals surface area contributed by atoms with Gasteiger partial charge < -0.3 is 10.2 Å². The molecule has 0 unspecified atom stereocenters. The molecular weight excluding hydrogens is 432 g/mol. The van der Waals surface area contributed by atoms with Crippen LogP contribution in [0.3, 0.4) is 0 Å². The summed E-state index contributed by atoms with van der Waals surface area (Å²) in [4.78, 5) is 29.2. The number of hydrogen-bond acceptors (Lipinski definition) is 3. The smallest absolute Gasteiger partial charge is 0.259 e. The summed E-state index contributed by atoms with van der Waals surface area (Å²) in [7, 11) is -1.54. The van der Waals surface area contributed by atoms with Gasteiger partial charge in [-0.25, -0.2) is 4.21 Å². The molecule has 0 saturated heterocycles. The van der Waals surface area contributed by atoms with Crippen LogP contribution in [0.2, 0.25) is 0 Å². The van der Waals surface area contributed by atoms with Crippen LogP contribution < -0.4 is 10.2 Å². The third-order valence-electron chi connectivity index (χ3n) is 5.92. The number of rotatable bonds is 6. The van der Waals surface area contributed by atoms with Gasteiger partial charge in [-0.05, 0) is 61.7 Å². The standard InChI is InChI=1S/C27H28N2O3S/c1-4-5-14-28-26(30)20-12-13-25-23(16-20)29(17-21-15-18(2)10-11-19(21)3)27(31)22-8-6-7-9-24(22)33(25)32/h6-13,15-16H,4-5,14,17H2,1-3H3,(H,28,30)/t33-/m0/s1. The van der Waals surface area contributed by atoms with E-state index in [1.54, 1.807) is 47.4 Å². The van der Waals surface area contributed by atoms with Gasteiger partial charge in [-0.1, -0.05) is 49.2 Å². The highest BCUT2D eigenvalue weighted by Crippen LogP contribution is 2.36. The van der Waals surface area contributed by atoms with Crippen molar-refractivity contribution in [3.63, 3.8) is 0 Å². The second kappa shape index (κ2) is 9.71. The van der Waals surface area contributed by atoms with Gasteiger partial charge in [-0.3, -0.25) is 9.59 Å². The summed E-state index contributed by atoms with van der Waals surface area (Å²) in [5.74, 6) is -0.417. The normalized spacial score (nSPS) is 14.9. The fourth-order valence-electron chi connectivity index (χ4n) is 3.98. The zero-order valence-electron chi connectivity index (χ0n) is 19.2. The number of hydrogen-bond donors (Lipinski definition) is 1. The fourth-order valence-corrected chi connectivity index (χ4v) is 5.33. The molecule has 1 N–H and O–H groups in total. The summed E-state index contributed by atoms with van der Waals surface area (Å²) in [6, 6.07) is 18.3. The van der Waals surface area contributed by atoms with Gasteiger partial charge in [0.15, 0.2) is 0 Å². The van der Waals surface area contributed by atoms with Gasteiger partial charge in [0, 0.05) is 12.1 Å². The Morgan fingerprint density at radius 3 is 2.58 bits per heavy atom. The molecule has 3 aromatic carbocycles. The second-order valence-electron chi connectivity index (χ2n) is 8.38. The maximum absolute atomic E-state index is 13.7. The molecule has 0 radical (unpaired) electrons. The van der Waals surface area contributed by atoms with Crippen molar-refractivity contribution in [1.29, 1.82) is 0 Å². The van der Waals surface area contributed by atoms with E-state index < -0.39 is 10.8 Å². The summed E-state index contributed by atoms with van der Waals surface area (Å²) in [6.45, 7) is 7.02. The van der Waals surface area contributed by atoms with Gasteiger partial charge in [0.25, 0.3) is 11.8 Å². The first-order valence-corrected chi connectivity index (χ1v) is 12.4. The molecule has 4 rings (SSSR count). The number of carbonyl (C=O) groups excluding carboxylic acids is 2. The molecule has 33 heavy (non-hydrogen) atoms. The van der Waals surface area contributed by atoms with Gasteiger partial charge in [0.05, 0.1) is 38.4 Å². The molecule has 0 bridgehead atoms. The molecule has 5 nitrogen and oxygen atoms in total. The van der Waals surface area contributed by atoms with Crippen LogP contribution in [0.25, 0.3) is 0 Å². The topological polar surface area (TPSA) is 66.5 Å². The van der Waals surface area contributed by atoms with Crippen molar-refractivity contribution < 1.29 is 13.8 Å². The number of carbonyl (C=O) groups is 2. The van der Waals surface area contributed by atoms with Crippen molar-refractivity contribution in [1.82, 2.24) is 5.32 Å². The second-order valence-corrected chi connectivity index (χ2v) is 9.80. The Kier molecular flexibility index (Phi) is 6.75. The van der Waals surface area contributed by atoms with Crippen LogP contribution in [0, 0.1) is 13.8 Å². The van der Waals surface area contributed by atoms with Crippen LogP contribution in [0.1, 0.15) is 57.2 Å². The van der Waals surface area contributed by atoms with E-state index in [1.165, 1.54) is 0 Å². The Morgan fingerprint density at radius 1 is 1.00 bits per heavy atom. The van der Waals surface area contributed by atoms with E-state index in [0.29, 0.717) is 39.7 Å². The quantitative estimate of drug-likeness (QED) is 0.517. The number of anilines is 1. The minimum atomic E-state index is -1.54. The highest BCUT2D eigenvalue weighted by molar-refractivity contribution is 7.85. The summed E-state index contributed by atoms with van der Waals surface area (Å²) in [6.07, 6.45) is 1.88. The maximum atomic E-state index is 13.7. The lowest BCUT2D eigenvalue weighted by Crippen LogP contribution is -2.31. The van der Waals surface area contributed by atoms with Gasteiger partial charge in [0.1, 0.15) is 0 Å². The van der Waals surface area contributed by atoms with Crippen LogP contribution in [0.4, 0.5) is 5.69 Å². The highest BCUT2D eigenvalue weighted by Gasteiger charge is 2.31. The fraction of sp³-hybridized carbons (Fsp3) is 0.259. The third-order valence-corrected chi connectivity index (χ3v) is 7.42.